The molecule has 1 saturated heterocycles. The minimum Gasteiger partial charge on any atom is -0.462 e. The van der Waals surface area contributed by atoms with Crippen molar-refractivity contribution < 1.29 is 28.5 Å². The van der Waals surface area contributed by atoms with Crippen molar-refractivity contribution in [3.8, 4) is 0 Å². The third-order valence-electron chi connectivity index (χ3n) is 11.3. The van der Waals surface area contributed by atoms with Crippen LogP contribution in [0.15, 0.2) is 48.6 Å². The third-order valence-corrected chi connectivity index (χ3v) is 11.3. The first kappa shape index (κ1) is 56.2. The zero-order valence-corrected chi connectivity index (χ0v) is 39.6. The summed E-state index contributed by atoms with van der Waals surface area (Å²) in [5.74, 6) is -0.0747. The number of ether oxygens (including phenoxy) is 5. The quantitative estimate of drug-likeness (QED) is 0.0262. The average Bonchev–Trinajstić information content (AvgIpc) is 3.78. The number of hydrogen-bond acceptors (Lipinski definition) is 7. The Balaban J connectivity index is 2.04. The molecular formula is C53H97NO6. The second-order valence-corrected chi connectivity index (χ2v) is 17.1. The number of carbonyl (C=O) groups is 1. The van der Waals surface area contributed by atoms with Gasteiger partial charge < -0.3 is 28.6 Å². The number of hydrogen-bond donors (Lipinski definition) is 0. The average molecular weight is 844 g/mol. The van der Waals surface area contributed by atoms with Crippen LogP contribution in [0.1, 0.15) is 219 Å². The van der Waals surface area contributed by atoms with E-state index in [2.05, 4.69) is 67.4 Å². The fourth-order valence-corrected chi connectivity index (χ4v) is 7.52. The fourth-order valence-electron chi connectivity index (χ4n) is 7.52. The number of carbonyl (C=O) groups excluding carboxylic acids is 1. The first-order valence-corrected chi connectivity index (χ1v) is 25.6. The smallest absolute Gasteiger partial charge is 0.306 e. The number of nitrogens with zero attached hydrogens (tertiary/aromatic N) is 1. The Labute approximate surface area is 371 Å². The van der Waals surface area contributed by atoms with Crippen molar-refractivity contribution >= 4 is 5.97 Å². The molecule has 7 heteroatoms. The molecule has 0 aromatic heterocycles. The van der Waals surface area contributed by atoms with Crippen LogP contribution in [0.4, 0.5) is 0 Å². The van der Waals surface area contributed by atoms with E-state index in [0.29, 0.717) is 33.2 Å². The van der Waals surface area contributed by atoms with E-state index in [0.717, 1.165) is 90.6 Å². The fraction of sp³-hybridized carbons (Fsp3) is 0.830. The Morgan fingerprint density at radius 1 is 0.467 bits per heavy atom. The molecule has 1 rings (SSSR count). The highest BCUT2D eigenvalue weighted by Gasteiger charge is 2.16. The first-order valence-electron chi connectivity index (χ1n) is 25.6. The van der Waals surface area contributed by atoms with Crippen molar-refractivity contribution in [3.63, 3.8) is 0 Å². The molecule has 7 nitrogen and oxygen atoms in total. The summed E-state index contributed by atoms with van der Waals surface area (Å²) in [5, 5.41) is 0. The zero-order chi connectivity index (χ0) is 42.9. The number of unbranched alkanes of at least 4 members (excludes halogenated alkanes) is 18. The molecule has 0 saturated carbocycles. The number of allylic oxidation sites excluding steroid dienone is 8. The Kier molecular flexibility index (Phi) is 45.2. The monoisotopic (exact) mass is 844 g/mol. The summed E-state index contributed by atoms with van der Waals surface area (Å²) in [5.41, 5.74) is 0. The van der Waals surface area contributed by atoms with Crippen LogP contribution in [0.25, 0.3) is 0 Å². The van der Waals surface area contributed by atoms with E-state index in [4.69, 9.17) is 23.7 Å². The van der Waals surface area contributed by atoms with E-state index >= 15 is 0 Å². The van der Waals surface area contributed by atoms with Gasteiger partial charge in [-0.3, -0.25) is 4.79 Å². The summed E-state index contributed by atoms with van der Waals surface area (Å²) in [6, 6.07) is 0. The van der Waals surface area contributed by atoms with Gasteiger partial charge in [-0.25, -0.2) is 0 Å². The van der Waals surface area contributed by atoms with Crippen LogP contribution in [0.3, 0.4) is 0 Å². The van der Waals surface area contributed by atoms with Gasteiger partial charge >= 0.3 is 5.97 Å². The Bertz CT molecular complexity index is 930. The predicted molar refractivity (Wildman–Crippen MR) is 256 cm³/mol. The van der Waals surface area contributed by atoms with Gasteiger partial charge in [-0.2, -0.15) is 0 Å². The predicted octanol–water partition coefficient (Wildman–Crippen LogP) is 14.9. The van der Waals surface area contributed by atoms with Crippen LogP contribution < -0.4 is 0 Å². The lowest BCUT2D eigenvalue weighted by molar-refractivity contribution is -0.150. The van der Waals surface area contributed by atoms with Gasteiger partial charge in [-0.15, -0.1) is 0 Å². The van der Waals surface area contributed by atoms with Crippen LogP contribution >= 0.6 is 0 Å². The maximum absolute atomic E-state index is 12.7. The molecule has 1 fully saturated rings. The van der Waals surface area contributed by atoms with Crippen LogP contribution in [0.2, 0.25) is 0 Å². The van der Waals surface area contributed by atoms with E-state index in [1.165, 1.54) is 141 Å². The van der Waals surface area contributed by atoms with Gasteiger partial charge in [0.05, 0.1) is 0 Å². The molecule has 0 aromatic carbocycles. The molecule has 0 aromatic rings. The molecule has 0 bridgehead atoms. The molecule has 0 aliphatic carbocycles. The SMILES string of the molecule is CCCCC/C=C\C/C=C\CCCCCCCCOCOCCCC(CCCOCOCCCCCCCC/C=C\C/C=C\CCCCC)OC(=O)CCCN1CCCC1. The second kappa shape index (κ2) is 48.3. The van der Waals surface area contributed by atoms with Gasteiger partial charge in [0.15, 0.2) is 0 Å². The summed E-state index contributed by atoms with van der Waals surface area (Å²) in [7, 11) is 0. The van der Waals surface area contributed by atoms with Gasteiger partial charge in [-0.1, -0.05) is 140 Å². The lowest BCUT2D eigenvalue weighted by Crippen LogP contribution is -2.23. The van der Waals surface area contributed by atoms with E-state index in [9.17, 15) is 4.79 Å². The van der Waals surface area contributed by atoms with Crippen molar-refractivity contribution in [1.82, 2.24) is 4.90 Å². The zero-order valence-electron chi connectivity index (χ0n) is 39.6. The van der Waals surface area contributed by atoms with Crippen molar-refractivity contribution in [2.75, 3.05) is 59.6 Å². The van der Waals surface area contributed by atoms with Gasteiger partial charge in [0.1, 0.15) is 19.7 Å². The highest BCUT2D eigenvalue weighted by molar-refractivity contribution is 5.69. The van der Waals surface area contributed by atoms with Crippen LogP contribution in [-0.2, 0) is 28.5 Å². The number of likely N-dealkylation sites (tertiary alicyclic amines) is 1. The molecule has 1 aliphatic rings. The van der Waals surface area contributed by atoms with Crippen LogP contribution in [0.5, 0.6) is 0 Å². The summed E-state index contributed by atoms with van der Waals surface area (Å²) < 4.78 is 29.0. The standard InChI is InChI=1S/C53H97NO6/c1-3-5-7-9-11-13-15-17-19-21-23-25-27-29-31-35-46-56-50-58-48-38-40-52(60-53(55)42-37-45-54-43-33-34-44-54)41-39-49-59-51-57-47-36-32-30-28-26-24-22-20-18-16-14-12-10-8-6-4-2/h11-14,17-20,52H,3-10,15-16,21-51H2,1-2H3/b13-11-,14-12-,19-17-,20-18-. The van der Waals surface area contributed by atoms with Crippen LogP contribution in [0, 0.1) is 0 Å². The first-order chi connectivity index (χ1) is 29.8. The van der Waals surface area contributed by atoms with Crippen LogP contribution in [-0.4, -0.2) is 76.6 Å². The van der Waals surface area contributed by atoms with Gasteiger partial charge in [0.25, 0.3) is 0 Å². The van der Waals surface area contributed by atoms with E-state index in [1.54, 1.807) is 0 Å². The Hall–Kier alpha value is -1.77. The number of rotatable bonds is 47. The summed E-state index contributed by atoms with van der Waals surface area (Å²) in [6.07, 6.45) is 55.7. The summed E-state index contributed by atoms with van der Waals surface area (Å²) in [6.45, 7) is 11.3. The van der Waals surface area contributed by atoms with Gasteiger partial charge in [0, 0.05) is 32.8 Å². The maximum atomic E-state index is 12.7. The lowest BCUT2D eigenvalue weighted by atomic mass is 10.1. The Morgan fingerprint density at radius 2 is 0.850 bits per heavy atom. The number of esters is 1. The molecule has 60 heavy (non-hydrogen) atoms. The molecule has 0 N–H and O–H groups in total. The molecule has 0 amide bonds. The second-order valence-electron chi connectivity index (χ2n) is 17.1. The highest BCUT2D eigenvalue weighted by Crippen LogP contribution is 2.15. The van der Waals surface area contributed by atoms with Crippen molar-refractivity contribution in [3.05, 3.63) is 48.6 Å². The molecule has 1 aliphatic heterocycles. The van der Waals surface area contributed by atoms with Crippen molar-refractivity contribution in [2.24, 2.45) is 0 Å². The van der Waals surface area contributed by atoms with Gasteiger partial charge in [-0.05, 0) is 142 Å². The normalized spacial score (nSPS) is 13.8. The van der Waals surface area contributed by atoms with Crippen molar-refractivity contribution in [2.45, 2.75) is 225 Å². The summed E-state index contributed by atoms with van der Waals surface area (Å²) in [4.78, 5) is 15.2. The van der Waals surface area contributed by atoms with Gasteiger partial charge in [0.2, 0.25) is 0 Å². The van der Waals surface area contributed by atoms with E-state index in [1.807, 2.05) is 0 Å². The summed E-state index contributed by atoms with van der Waals surface area (Å²) >= 11 is 0. The molecule has 350 valence electrons. The van der Waals surface area contributed by atoms with E-state index < -0.39 is 0 Å². The molecule has 0 radical (unpaired) electrons. The topological polar surface area (TPSA) is 66.5 Å². The molecule has 0 unspecified atom stereocenters. The van der Waals surface area contributed by atoms with E-state index in [-0.39, 0.29) is 12.1 Å². The largest absolute Gasteiger partial charge is 0.462 e. The minimum absolute atomic E-state index is 0.0747. The highest BCUT2D eigenvalue weighted by atomic mass is 16.7. The third kappa shape index (κ3) is 42.9. The lowest BCUT2D eigenvalue weighted by Gasteiger charge is -2.19. The molecular weight excluding hydrogens is 747 g/mol. The van der Waals surface area contributed by atoms with Crippen molar-refractivity contribution in [1.29, 1.82) is 0 Å². The molecule has 0 atom stereocenters. The molecule has 1 heterocycles. The Morgan fingerprint density at radius 3 is 1.28 bits per heavy atom. The molecule has 0 spiro atoms. The maximum Gasteiger partial charge on any atom is 0.306 e. The minimum atomic E-state index is -0.102.